The molecule has 1 unspecified atom stereocenters. The Kier molecular flexibility index (Phi) is 5.38. The first-order valence-corrected chi connectivity index (χ1v) is 11.3. The minimum Gasteiger partial charge on any atom is -0.497 e. The summed E-state index contributed by atoms with van der Waals surface area (Å²) in [4.78, 5) is 22.1. The van der Waals surface area contributed by atoms with Gasteiger partial charge in [0.2, 0.25) is 5.16 Å². The van der Waals surface area contributed by atoms with Gasteiger partial charge in [0.25, 0.3) is 5.78 Å². The fourth-order valence-corrected chi connectivity index (χ4v) is 4.79. The Hall–Kier alpha value is -2.90. The van der Waals surface area contributed by atoms with E-state index in [0.29, 0.717) is 40.1 Å². The minimum atomic E-state index is 0.0834. The van der Waals surface area contributed by atoms with Gasteiger partial charge in [-0.05, 0) is 47.7 Å². The standard InChI is InChI=1S/C23H19ClN4O2S/c1-30-18-7-5-15(6-8-18)16-10-20-19(21(29)11-16)12-28-22(25-20)26-23(27-28)31-13-14-3-2-4-17(24)9-14/h2-9,12,16H,10-11,13H2,1H3. The molecule has 1 aliphatic carbocycles. The van der Waals surface area contributed by atoms with Gasteiger partial charge in [0, 0.05) is 23.4 Å². The quantitative estimate of drug-likeness (QED) is 0.399. The third kappa shape index (κ3) is 4.16. The van der Waals surface area contributed by atoms with Crippen LogP contribution in [0.2, 0.25) is 5.02 Å². The van der Waals surface area contributed by atoms with E-state index in [0.717, 1.165) is 22.6 Å². The smallest absolute Gasteiger partial charge is 0.253 e. The number of Topliss-reactive ketones (excluding diaryl/α,β-unsaturated/α-hetero) is 1. The summed E-state index contributed by atoms with van der Waals surface area (Å²) in [7, 11) is 1.64. The zero-order chi connectivity index (χ0) is 21.4. The lowest BCUT2D eigenvalue weighted by Crippen LogP contribution is -2.21. The summed E-state index contributed by atoms with van der Waals surface area (Å²) in [6, 6.07) is 15.6. The van der Waals surface area contributed by atoms with Crippen LogP contribution in [0.5, 0.6) is 5.75 Å². The van der Waals surface area contributed by atoms with Gasteiger partial charge in [-0.3, -0.25) is 4.79 Å². The molecular weight excluding hydrogens is 432 g/mol. The van der Waals surface area contributed by atoms with Gasteiger partial charge in [0.1, 0.15) is 5.75 Å². The molecule has 0 radical (unpaired) electrons. The SMILES string of the molecule is COc1ccc(C2CC(=O)c3cn4nc(SCc5cccc(Cl)c5)nc4nc3C2)cc1. The van der Waals surface area contributed by atoms with Crippen molar-refractivity contribution in [2.45, 2.75) is 29.7 Å². The second kappa shape index (κ2) is 8.32. The lowest BCUT2D eigenvalue weighted by molar-refractivity contribution is 0.0962. The highest BCUT2D eigenvalue weighted by molar-refractivity contribution is 7.98. The molecule has 5 rings (SSSR count). The second-order valence-electron chi connectivity index (χ2n) is 7.46. The lowest BCUT2D eigenvalue weighted by atomic mass is 9.82. The summed E-state index contributed by atoms with van der Waals surface area (Å²) in [5.41, 5.74) is 3.62. The molecule has 6 nitrogen and oxygen atoms in total. The van der Waals surface area contributed by atoms with Gasteiger partial charge in [0.05, 0.1) is 18.4 Å². The maximum Gasteiger partial charge on any atom is 0.253 e. The number of hydrogen-bond acceptors (Lipinski definition) is 6. The number of benzene rings is 2. The normalized spacial score (nSPS) is 15.8. The third-order valence-corrected chi connectivity index (χ3v) is 6.55. The number of carbonyl (C=O) groups excluding carboxylic acids is 1. The van der Waals surface area contributed by atoms with Crippen LogP contribution in [0.4, 0.5) is 0 Å². The number of ether oxygens (including phenoxy) is 1. The van der Waals surface area contributed by atoms with Crippen molar-refractivity contribution < 1.29 is 9.53 Å². The molecule has 0 saturated heterocycles. The van der Waals surface area contributed by atoms with Crippen molar-refractivity contribution in [1.82, 2.24) is 19.6 Å². The van der Waals surface area contributed by atoms with E-state index in [4.69, 9.17) is 16.3 Å². The number of halogens is 1. The molecule has 0 N–H and O–H groups in total. The Balaban J connectivity index is 1.38. The third-order valence-electron chi connectivity index (χ3n) is 5.41. The number of aromatic nitrogens is 4. The zero-order valence-corrected chi connectivity index (χ0v) is 18.4. The summed E-state index contributed by atoms with van der Waals surface area (Å²) < 4.78 is 6.83. The van der Waals surface area contributed by atoms with Crippen LogP contribution < -0.4 is 4.74 Å². The summed E-state index contributed by atoms with van der Waals surface area (Å²) in [6.45, 7) is 0. The lowest BCUT2D eigenvalue weighted by Gasteiger charge is -2.23. The van der Waals surface area contributed by atoms with Crippen LogP contribution >= 0.6 is 23.4 Å². The molecule has 1 aliphatic rings. The molecule has 156 valence electrons. The number of rotatable bonds is 5. The van der Waals surface area contributed by atoms with E-state index in [1.165, 1.54) is 11.8 Å². The molecule has 1 atom stereocenters. The highest BCUT2D eigenvalue weighted by Gasteiger charge is 2.28. The van der Waals surface area contributed by atoms with Gasteiger partial charge in [-0.2, -0.15) is 4.98 Å². The van der Waals surface area contributed by atoms with E-state index >= 15 is 0 Å². The summed E-state index contributed by atoms with van der Waals surface area (Å²) >= 11 is 7.57. The Morgan fingerprint density at radius 3 is 2.77 bits per heavy atom. The van der Waals surface area contributed by atoms with Crippen molar-refractivity contribution in [3.05, 3.63) is 82.1 Å². The summed E-state index contributed by atoms with van der Waals surface area (Å²) in [6.07, 6.45) is 2.92. The van der Waals surface area contributed by atoms with E-state index < -0.39 is 0 Å². The Morgan fingerprint density at radius 2 is 2.00 bits per heavy atom. The first-order valence-electron chi connectivity index (χ1n) is 9.90. The van der Waals surface area contributed by atoms with Crippen molar-refractivity contribution in [1.29, 1.82) is 0 Å². The predicted octanol–water partition coefficient (Wildman–Crippen LogP) is 4.99. The van der Waals surface area contributed by atoms with E-state index in [2.05, 4.69) is 15.1 Å². The topological polar surface area (TPSA) is 69.4 Å². The average Bonchev–Trinajstić information content (AvgIpc) is 3.18. The van der Waals surface area contributed by atoms with Gasteiger partial charge in [0.15, 0.2) is 5.78 Å². The van der Waals surface area contributed by atoms with Crippen molar-refractivity contribution in [3.63, 3.8) is 0 Å². The number of thioether (sulfide) groups is 1. The highest BCUT2D eigenvalue weighted by Crippen LogP contribution is 2.33. The molecule has 2 aromatic heterocycles. The van der Waals surface area contributed by atoms with Crippen LogP contribution in [0.1, 0.15) is 39.5 Å². The largest absolute Gasteiger partial charge is 0.497 e. The maximum atomic E-state index is 12.8. The average molecular weight is 451 g/mol. The molecule has 8 heteroatoms. The number of carbonyl (C=O) groups is 1. The molecule has 2 heterocycles. The minimum absolute atomic E-state index is 0.0834. The van der Waals surface area contributed by atoms with Crippen LogP contribution in [0.3, 0.4) is 0 Å². The van der Waals surface area contributed by atoms with E-state index in [9.17, 15) is 4.79 Å². The van der Waals surface area contributed by atoms with Gasteiger partial charge >= 0.3 is 0 Å². The molecule has 0 bridgehead atoms. The van der Waals surface area contributed by atoms with Gasteiger partial charge in [-0.1, -0.05) is 47.6 Å². The Bertz CT molecular complexity index is 1270. The second-order valence-corrected chi connectivity index (χ2v) is 8.84. The van der Waals surface area contributed by atoms with E-state index in [1.807, 2.05) is 48.5 Å². The number of ketones is 1. The number of methoxy groups -OCH3 is 1. The summed E-state index contributed by atoms with van der Waals surface area (Å²) in [5.74, 6) is 2.20. The molecule has 31 heavy (non-hydrogen) atoms. The van der Waals surface area contributed by atoms with E-state index in [-0.39, 0.29) is 11.7 Å². The summed E-state index contributed by atoms with van der Waals surface area (Å²) in [5, 5.41) is 5.82. The van der Waals surface area contributed by atoms with Crippen molar-refractivity contribution in [2.24, 2.45) is 0 Å². The molecule has 0 saturated carbocycles. The van der Waals surface area contributed by atoms with Crippen LogP contribution in [0, 0.1) is 0 Å². The molecule has 4 aromatic rings. The maximum absolute atomic E-state index is 12.8. The van der Waals surface area contributed by atoms with Crippen LogP contribution in [0.15, 0.2) is 59.9 Å². The fraction of sp³-hybridized carbons (Fsp3) is 0.217. The first-order chi connectivity index (χ1) is 15.1. The van der Waals surface area contributed by atoms with Crippen LogP contribution in [0.25, 0.3) is 5.78 Å². The highest BCUT2D eigenvalue weighted by atomic mass is 35.5. The molecule has 0 aliphatic heterocycles. The Morgan fingerprint density at radius 1 is 1.16 bits per heavy atom. The molecule has 0 fully saturated rings. The molecule has 0 amide bonds. The van der Waals surface area contributed by atoms with Gasteiger partial charge in [-0.25, -0.2) is 9.50 Å². The molecular formula is C23H19ClN4O2S. The number of nitrogens with zero attached hydrogens (tertiary/aromatic N) is 4. The zero-order valence-electron chi connectivity index (χ0n) is 16.8. The van der Waals surface area contributed by atoms with Crippen molar-refractivity contribution in [3.8, 4) is 5.75 Å². The van der Waals surface area contributed by atoms with E-state index in [1.54, 1.807) is 17.8 Å². The van der Waals surface area contributed by atoms with Crippen LogP contribution in [-0.2, 0) is 12.2 Å². The monoisotopic (exact) mass is 450 g/mol. The Labute approximate surface area is 188 Å². The van der Waals surface area contributed by atoms with Crippen molar-refractivity contribution >= 4 is 34.9 Å². The van der Waals surface area contributed by atoms with Crippen molar-refractivity contribution in [2.75, 3.05) is 7.11 Å². The predicted molar refractivity (Wildman–Crippen MR) is 120 cm³/mol. The fourth-order valence-electron chi connectivity index (χ4n) is 3.81. The number of fused-ring (bicyclic) bond motifs is 2. The first kappa shape index (κ1) is 20.0. The number of hydrogen-bond donors (Lipinski definition) is 0. The van der Waals surface area contributed by atoms with Gasteiger partial charge in [-0.15, -0.1) is 5.10 Å². The molecule has 0 spiro atoms. The molecule has 2 aromatic carbocycles. The van der Waals surface area contributed by atoms with Crippen LogP contribution in [-0.4, -0.2) is 32.5 Å². The van der Waals surface area contributed by atoms with Gasteiger partial charge < -0.3 is 4.74 Å².